The largest absolute Gasteiger partial charge is 0.481 e. The zero-order valence-corrected chi connectivity index (χ0v) is 22.9. The number of carboxylic acids is 1. The summed E-state index contributed by atoms with van der Waals surface area (Å²) < 4.78 is 9.80. The first-order valence-corrected chi connectivity index (χ1v) is 14.8. The number of unbranched alkanes of at least 4 members (excludes halogenated alkanes) is 7. The molecule has 0 heterocycles. The highest BCUT2D eigenvalue weighted by atomic mass is 33.1. The fourth-order valence-electron chi connectivity index (χ4n) is 2.61. The predicted molar refractivity (Wildman–Crippen MR) is 152 cm³/mol. The molecular formula is C28H40O6S2. The highest BCUT2D eigenvalue weighted by molar-refractivity contribution is 8.77. The molecule has 0 aromatic rings. The summed E-state index contributed by atoms with van der Waals surface area (Å²) in [7, 11) is 2.16. The molecule has 0 radical (unpaired) electrons. The van der Waals surface area contributed by atoms with Crippen LogP contribution < -0.4 is 0 Å². The van der Waals surface area contributed by atoms with E-state index in [-0.39, 0.29) is 24.7 Å². The van der Waals surface area contributed by atoms with Gasteiger partial charge in [0.15, 0.2) is 0 Å². The van der Waals surface area contributed by atoms with Crippen LogP contribution in [0, 0.1) is 0 Å². The maximum absolute atomic E-state index is 11.6. The van der Waals surface area contributed by atoms with E-state index in [4.69, 9.17) is 14.6 Å². The minimum absolute atomic E-state index is 0.0337. The molecule has 0 aliphatic carbocycles. The molecule has 36 heavy (non-hydrogen) atoms. The number of esters is 2. The SMILES string of the molecule is CCCCCCCCCC=CC=CC=CC=CC=CC=CC(=O)OCCOC(=O)CSSCC(=O)O. The zero-order valence-electron chi connectivity index (χ0n) is 21.2. The van der Waals surface area contributed by atoms with Crippen LogP contribution in [0.15, 0.2) is 72.9 Å². The Morgan fingerprint density at radius 2 is 1.19 bits per heavy atom. The minimum atomic E-state index is -0.941. The third kappa shape index (κ3) is 27.8. The second-order valence-electron chi connectivity index (χ2n) is 7.54. The standard InChI is InChI=1S/C28H40O6S2/c1-2-3-4-5-6-7-8-9-10-11-12-13-14-15-16-17-18-19-20-21-27(31)33-22-23-34-28(32)25-36-35-24-26(29)30/h10-21H,2-9,22-25H2,1H3,(H,29,30). The molecule has 0 bridgehead atoms. The molecule has 0 amide bonds. The fraction of sp³-hybridized carbons (Fsp3) is 0.464. The minimum Gasteiger partial charge on any atom is -0.481 e. The molecule has 0 aliphatic rings. The second-order valence-corrected chi connectivity index (χ2v) is 10.0. The lowest BCUT2D eigenvalue weighted by atomic mass is 10.1. The molecule has 0 spiro atoms. The Labute approximate surface area is 224 Å². The smallest absolute Gasteiger partial charge is 0.330 e. The number of carbonyl (C=O) groups is 3. The topological polar surface area (TPSA) is 89.9 Å². The van der Waals surface area contributed by atoms with E-state index in [9.17, 15) is 14.4 Å². The van der Waals surface area contributed by atoms with Gasteiger partial charge in [0.25, 0.3) is 0 Å². The molecule has 8 heteroatoms. The number of ether oxygens (including phenoxy) is 2. The maximum atomic E-state index is 11.6. The summed E-state index contributed by atoms with van der Waals surface area (Å²) in [5.41, 5.74) is 0. The highest BCUT2D eigenvalue weighted by Gasteiger charge is 2.05. The van der Waals surface area contributed by atoms with E-state index in [0.29, 0.717) is 0 Å². The molecule has 0 fully saturated rings. The Morgan fingerprint density at radius 3 is 1.83 bits per heavy atom. The van der Waals surface area contributed by atoms with Crippen LogP contribution in [-0.4, -0.2) is 47.7 Å². The van der Waals surface area contributed by atoms with Crippen LogP contribution in [0.5, 0.6) is 0 Å². The number of aliphatic carboxylic acids is 1. The maximum Gasteiger partial charge on any atom is 0.330 e. The van der Waals surface area contributed by atoms with Gasteiger partial charge in [0.05, 0.1) is 0 Å². The molecule has 0 aromatic heterocycles. The molecule has 0 saturated carbocycles. The monoisotopic (exact) mass is 536 g/mol. The molecular weight excluding hydrogens is 496 g/mol. The molecule has 6 nitrogen and oxygen atoms in total. The van der Waals surface area contributed by atoms with Gasteiger partial charge >= 0.3 is 17.9 Å². The van der Waals surface area contributed by atoms with Gasteiger partial charge in [-0.05, 0) is 12.8 Å². The first-order valence-electron chi connectivity index (χ1n) is 12.3. The number of hydrogen-bond acceptors (Lipinski definition) is 7. The third-order valence-corrected chi connectivity index (χ3v) is 6.47. The van der Waals surface area contributed by atoms with Crippen molar-refractivity contribution in [3.8, 4) is 0 Å². The fourth-order valence-corrected chi connectivity index (χ4v) is 4.15. The van der Waals surface area contributed by atoms with Crippen molar-refractivity contribution in [1.82, 2.24) is 0 Å². The summed E-state index contributed by atoms with van der Waals surface area (Å²) in [6.45, 7) is 2.16. The van der Waals surface area contributed by atoms with Crippen LogP contribution in [0.4, 0.5) is 0 Å². The first kappa shape index (κ1) is 33.5. The number of rotatable bonds is 22. The van der Waals surface area contributed by atoms with Crippen molar-refractivity contribution in [2.75, 3.05) is 24.7 Å². The summed E-state index contributed by atoms with van der Waals surface area (Å²) in [5.74, 6) is -2.01. The summed E-state index contributed by atoms with van der Waals surface area (Å²) in [5, 5.41) is 8.49. The average molecular weight is 537 g/mol. The van der Waals surface area contributed by atoms with Crippen molar-refractivity contribution >= 4 is 39.5 Å². The van der Waals surface area contributed by atoms with Crippen molar-refractivity contribution in [3.63, 3.8) is 0 Å². The van der Waals surface area contributed by atoms with Gasteiger partial charge in [-0.2, -0.15) is 0 Å². The molecule has 0 saturated heterocycles. The Hall–Kier alpha value is -2.45. The van der Waals surface area contributed by atoms with E-state index < -0.39 is 17.9 Å². The lowest BCUT2D eigenvalue weighted by Crippen LogP contribution is -2.14. The first-order chi connectivity index (χ1) is 17.6. The van der Waals surface area contributed by atoms with Gasteiger partial charge in [-0.1, -0.05) is 134 Å². The summed E-state index contributed by atoms with van der Waals surface area (Å²) >= 11 is 0. The van der Waals surface area contributed by atoms with Crippen LogP contribution in [0.1, 0.15) is 58.3 Å². The van der Waals surface area contributed by atoms with Gasteiger partial charge in [-0.3, -0.25) is 9.59 Å². The van der Waals surface area contributed by atoms with Crippen molar-refractivity contribution in [3.05, 3.63) is 72.9 Å². The van der Waals surface area contributed by atoms with Gasteiger partial charge in [-0.15, -0.1) is 0 Å². The zero-order chi connectivity index (χ0) is 26.5. The molecule has 0 aromatic carbocycles. The Balaban J connectivity index is 3.73. The van der Waals surface area contributed by atoms with E-state index in [1.54, 1.807) is 18.2 Å². The molecule has 200 valence electrons. The lowest BCUT2D eigenvalue weighted by molar-refractivity contribution is -0.147. The van der Waals surface area contributed by atoms with Crippen LogP contribution in [0.3, 0.4) is 0 Å². The van der Waals surface area contributed by atoms with Gasteiger partial charge < -0.3 is 14.6 Å². The Kier molecular flexibility index (Phi) is 25.3. The van der Waals surface area contributed by atoms with Crippen LogP contribution >= 0.6 is 21.6 Å². The normalized spacial score (nSPS) is 12.2. The average Bonchev–Trinajstić information content (AvgIpc) is 2.85. The summed E-state index contributed by atoms with van der Waals surface area (Å²) in [4.78, 5) is 33.3. The quantitative estimate of drug-likeness (QED) is 0.0519. The lowest BCUT2D eigenvalue weighted by Gasteiger charge is -2.04. The highest BCUT2D eigenvalue weighted by Crippen LogP contribution is 2.20. The molecule has 0 rings (SSSR count). The summed E-state index contributed by atoms with van der Waals surface area (Å²) in [6.07, 6.45) is 32.8. The van der Waals surface area contributed by atoms with E-state index in [1.807, 2.05) is 36.5 Å². The number of carbonyl (C=O) groups excluding carboxylic acids is 2. The van der Waals surface area contributed by atoms with Crippen molar-refractivity contribution < 1.29 is 29.0 Å². The van der Waals surface area contributed by atoms with Gasteiger partial charge in [0, 0.05) is 6.08 Å². The van der Waals surface area contributed by atoms with Crippen molar-refractivity contribution in [1.29, 1.82) is 0 Å². The number of hydrogen-bond donors (Lipinski definition) is 1. The van der Waals surface area contributed by atoms with Gasteiger partial charge in [0.2, 0.25) is 0 Å². The second kappa shape index (κ2) is 27.1. The molecule has 0 aliphatic heterocycles. The third-order valence-electron chi connectivity index (χ3n) is 4.38. The van der Waals surface area contributed by atoms with Crippen LogP contribution in [0.2, 0.25) is 0 Å². The van der Waals surface area contributed by atoms with Gasteiger partial charge in [-0.25, -0.2) is 4.79 Å². The van der Waals surface area contributed by atoms with E-state index in [1.165, 1.54) is 51.0 Å². The van der Waals surface area contributed by atoms with E-state index in [2.05, 4.69) is 19.1 Å². The Bertz CT molecular complexity index is 766. The number of allylic oxidation sites excluding steroid dienone is 11. The molecule has 0 atom stereocenters. The van der Waals surface area contributed by atoms with E-state index in [0.717, 1.165) is 28.0 Å². The predicted octanol–water partition coefficient (Wildman–Crippen LogP) is 7.02. The molecule has 1 N–H and O–H groups in total. The molecule has 0 unspecified atom stereocenters. The summed E-state index contributed by atoms with van der Waals surface area (Å²) in [6, 6.07) is 0. The number of carboxylic acid groups (broad SMARTS) is 1. The Morgan fingerprint density at radius 1 is 0.667 bits per heavy atom. The van der Waals surface area contributed by atoms with Gasteiger partial charge in [0.1, 0.15) is 24.7 Å². The van der Waals surface area contributed by atoms with Crippen molar-refractivity contribution in [2.45, 2.75) is 58.3 Å². The van der Waals surface area contributed by atoms with Crippen LogP contribution in [0.25, 0.3) is 0 Å². The van der Waals surface area contributed by atoms with Crippen LogP contribution in [-0.2, 0) is 23.9 Å². The van der Waals surface area contributed by atoms with Crippen molar-refractivity contribution in [2.24, 2.45) is 0 Å². The van der Waals surface area contributed by atoms with E-state index >= 15 is 0 Å².